The zero-order valence-corrected chi connectivity index (χ0v) is 20.3. The number of thiophene rings is 1. The summed E-state index contributed by atoms with van der Waals surface area (Å²) in [6, 6.07) is 12.1. The van der Waals surface area contributed by atoms with Crippen LogP contribution in [0.5, 0.6) is 5.75 Å². The average molecular weight is 506 g/mol. The minimum absolute atomic E-state index is 0.158. The number of rotatable bonds is 6. The third kappa shape index (κ3) is 6.19. The van der Waals surface area contributed by atoms with Crippen LogP contribution in [0.2, 0.25) is 0 Å². The Labute approximate surface area is 206 Å². The lowest BCUT2D eigenvalue weighted by molar-refractivity contribution is -0.126. The van der Waals surface area contributed by atoms with Crippen LogP contribution in [-0.2, 0) is 6.42 Å². The molecule has 1 fully saturated rings. The summed E-state index contributed by atoms with van der Waals surface area (Å²) in [5.41, 5.74) is 1.56. The molecule has 0 amide bonds. The van der Waals surface area contributed by atoms with E-state index in [1.807, 2.05) is 36.2 Å². The van der Waals surface area contributed by atoms with Crippen molar-refractivity contribution >= 4 is 32.8 Å². The maximum atomic E-state index is 14.6. The van der Waals surface area contributed by atoms with E-state index >= 15 is 0 Å². The molecule has 0 bridgehead atoms. The third-order valence-corrected chi connectivity index (χ3v) is 7.15. The van der Waals surface area contributed by atoms with Crippen molar-refractivity contribution < 1.29 is 22.3 Å². The molecule has 0 spiro atoms. The second-order valence-electron chi connectivity index (χ2n) is 8.56. The van der Waals surface area contributed by atoms with Crippen LogP contribution in [0.3, 0.4) is 0 Å². The van der Waals surface area contributed by atoms with Crippen molar-refractivity contribution in [3.05, 3.63) is 52.9 Å². The molecular weight excluding hydrogens is 478 g/mol. The molecule has 4 rings (SSSR count). The zero-order valence-electron chi connectivity index (χ0n) is 19.5. The molecule has 1 saturated heterocycles. The molecule has 1 aliphatic heterocycles. The number of para-hydroxylation sites is 2. The maximum Gasteiger partial charge on any atom is 0.393 e. The van der Waals surface area contributed by atoms with Crippen molar-refractivity contribution in [3.63, 3.8) is 0 Å². The molecule has 0 radical (unpaired) electrons. The smallest absolute Gasteiger partial charge is 0.393 e. The molecule has 3 aromatic rings. The molecule has 0 saturated carbocycles. The number of ether oxygens (including phenoxy) is 1. The molecule has 35 heavy (non-hydrogen) atoms. The van der Waals surface area contributed by atoms with Crippen LogP contribution in [0.15, 0.2) is 42.5 Å². The normalized spacial score (nSPS) is 18.7. The molecule has 2 heterocycles. The van der Waals surface area contributed by atoms with E-state index in [1.54, 1.807) is 25.3 Å². The fraction of sp³-hybridized carbons (Fsp3) is 0.385. The van der Waals surface area contributed by atoms with Crippen LogP contribution in [-0.4, -0.2) is 57.1 Å². The number of likely N-dealkylation sites (tertiary alicyclic amines) is 1. The summed E-state index contributed by atoms with van der Waals surface area (Å²) in [5.74, 6) is 6.53. The van der Waals surface area contributed by atoms with Crippen LogP contribution in [0.1, 0.15) is 16.9 Å². The maximum absolute atomic E-state index is 14.6. The minimum Gasteiger partial charge on any atom is -0.495 e. The van der Waals surface area contributed by atoms with Gasteiger partial charge in [-0.05, 0) is 42.6 Å². The molecule has 9 heteroatoms. The fourth-order valence-corrected chi connectivity index (χ4v) is 5.41. The summed E-state index contributed by atoms with van der Waals surface area (Å²) < 4.78 is 60.9. The molecule has 4 nitrogen and oxygen atoms in total. The van der Waals surface area contributed by atoms with E-state index in [0.29, 0.717) is 39.4 Å². The van der Waals surface area contributed by atoms with E-state index in [4.69, 9.17) is 4.74 Å². The second kappa shape index (κ2) is 10.8. The number of nitrogens with one attached hydrogen (secondary N) is 2. The second-order valence-corrected chi connectivity index (χ2v) is 9.58. The Hall–Kier alpha value is -2.96. The first-order valence-corrected chi connectivity index (χ1v) is 12.1. The van der Waals surface area contributed by atoms with E-state index in [0.717, 1.165) is 12.2 Å². The largest absolute Gasteiger partial charge is 0.495 e. The number of benzene rings is 2. The van der Waals surface area contributed by atoms with Crippen molar-refractivity contribution in [2.24, 2.45) is 0 Å². The monoisotopic (exact) mass is 505 g/mol. The predicted molar refractivity (Wildman–Crippen MR) is 134 cm³/mol. The van der Waals surface area contributed by atoms with Crippen LogP contribution in [0.4, 0.5) is 28.9 Å². The fourth-order valence-electron chi connectivity index (χ4n) is 4.23. The van der Waals surface area contributed by atoms with Gasteiger partial charge < -0.3 is 20.3 Å². The molecule has 0 unspecified atom stereocenters. The summed E-state index contributed by atoms with van der Waals surface area (Å²) in [7, 11) is 3.44. The van der Waals surface area contributed by atoms with Crippen molar-refractivity contribution in [2.75, 3.05) is 44.4 Å². The van der Waals surface area contributed by atoms with Crippen molar-refractivity contribution in [2.45, 2.75) is 31.2 Å². The van der Waals surface area contributed by atoms with Gasteiger partial charge in [-0.2, -0.15) is 13.2 Å². The summed E-state index contributed by atoms with van der Waals surface area (Å²) in [4.78, 5) is 2.30. The topological polar surface area (TPSA) is 36.5 Å². The van der Waals surface area contributed by atoms with Crippen LogP contribution >= 0.6 is 11.3 Å². The van der Waals surface area contributed by atoms with E-state index in [9.17, 15) is 17.6 Å². The zero-order chi connectivity index (χ0) is 25.0. The van der Waals surface area contributed by atoms with Gasteiger partial charge in [0.15, 0.2) is 0 Å². The lowest BCUT2D eigenvalue weighted by Gasteiger charge is -2.33. The molecular formula is C26H27F4N3OS. The van der Waals surface area contributed by atoms with Crippen molar-refractivity contribution in [3.8, 4) is 17.6 Å². The lowest BCUT2D eigenvalue weighted by Crippen LogP contribution is -2.46. The van der Waals surface area contributed by atoms with Gasteiger partial charge in [0.05, 0.1) is 47.1 Å². The number of hydrogen-bond acceptors (Lipinski definition) is 5. The lowest BCUT2D eigenvalue weighted by atomic mass is 10.0. The Morgan fingerprint density at radius 3 is 2.66 bits per heavy atom. The number of nitrogens with zero attached hydrogens (tertiary/aromatic N) is 1. The first-order valence-electron chi connectivity index (χ1n) is 11.3. The highest BCUT2D eigenvalue weighted by molar-refractivity contribution is 7.20. The molecule has 1 aliphatic rings. The summed E-state index contributed by atoms with van der Waals surface area (Å²) in [6.45, 7) is 1.32. The Balaban J connectivity index is 1.62. The Morgan fingerprint density at radius 1 is 1.14 bits per heavy atom. The van der Waals surface area contributed by atoms with E-state index < -0.39 is 18.8 Å². The average Bonchev–Trinajstić information content (AvgIpc) is 3.15. The molecule has 0 aliphatic carbocycles. The van der Waals surface area contributed by atoms with Gasteiger partial charge in [0.25, 0.3) is 0 Å². The Kier molecular flexibility index (Phi) is 7.72. The molecule has 2 N–H and O–H groups in total. The number of anilines is 2. The standard InChI is InChI=1S/C26H27F4N3OS/c1-33-14-12-20(19(27)16-33)32-22-9-5-7-17-18(15-26(28,29)30)24(35-25(17)22)11-6-13-31-21-8-3-4-10-23(21)34-2/h3-5,7-10,19-20,31-32H,12-16H2,1-2H3/t19-,20+/m0/s1. The van der Waals surface area contributed by atoms with E-state index in [2.05, 4.69) is 22.5 Å². The molecule has 1 aromatic heterocycles. The van der Waals surface area contributed by atoms with Crippen molar-refractivity contribution in [1.29, 1.82) is 0 Å². The van der Waals surface area contributed by atoms with Gasteiger partial charge in [-0.15, -0.1) is 11.3 Å². The van der Waals surface area contributed by atoms with Gasteiger partial charge in [-0.3, -0.25) is 0 Å². The van der Waals surface area contributed by atoms with Gasteiger partial charge in [0.2, 0.25) is 0 Å². The summed E-state index contributed by atoms with van der Waals surface area (Å²) in [5, 5.41) is 6.89. The minimum atomic E-state index is -4.37. The molecule has 2 aromatic carbocycles. The summed E-state index contributed by atoms with van der Waals surface area (Å²) in [6.07, 6.45) is -5.88. The van der Waals surface area contributed by atoms with Gasteiger partial charge in [-0.25, -0.2) is 4.39 Å². The summed E-state index contributed by atoms with van der Waals surface area (Å²) >= 11 is 1.21. The molecule has 186 valence electrons. The molecule has 2 atom stereocenters. The Bertz CT molecular complexity index is 1230. The van der Waals surface area contributed by atoms with Crippen LogP contribution in [0.25, 0.3) is 10.1 Å². The van der Waals surface area contributed by atoms with E-state index in [-0.39, 0.29) is 18.2 Å². The highest BCUT2D eigenvalue weighted by Crippen LogP contribution is 2.39. The number of alkyl halides is 4. The van der Waals surface area contributed by atoms with Gasteiger partial charge in [0.1, 0.15) is 11.9 Å². The predicted octanol–water partition coefficient (Wildman–Crippen LogP) is 5.93. The van der Waals surface area contributed by atoms with Gasteiger partial charge >= 0.3 is 6.18 Å². The third-order valence-electron chi connectivity index (χ3n) is 5.96. The van der Waals surface area contributed by atoms with Gasteiger partial charge in [-0.1, -0.05) is 36.1 Å². The Morgan fingerprint density at radius 2 is 1.91 bits per heavy atom. The van der Waals surface area contributed by atoms with Gasteiger partial charge in [0, 0.05) is 13.1 Å². The number of piperidine rings is 1. The highest BCUT2D eigenvalue weighted by atomic mass is 32.1. The van der Waals surface area contributed by atoms with Crippen LogP contribution in [0, 0.1) is 11.8 Å². The quantitative estimate of drug-likeness (QED) is 0.322. The van der Waals surface area contributed by atoms with Crippen molar-refractivity contribution in [1.82, 2.24) is 4.90 Å². The first-order chi connectivity index (χ1) is 16.7. The SMILES string of the molecule is COc1ccccc1NCC#Cc1sc2c(N[C@@H]3CCN(C)C[C@@H]3F)cccc2c1CC(F)(F)F. The van der Waals surface area contributed by atoms with E-state index in [1.165, 1.54) is 11.3 Å². The van der Waals surface area contributed by atoms with Crippen LogP contribution < -0.4 is 15.4 Å². The number of hydrogen-bond donors (Lipinski definition) is 2. The number of halogens is 4. The first kappa shape index (κ1) is 25.1. The highest BCUT2D eigenvalue weighted by Gasteiger charge is 2.32. The number of fused-ring (bicyclic) bond motifs is 1. The number of methoxy groups -OCH3 is 1.